The lowest BCUT2D eigenvalue weighted by Gasteiger charge is -2.29. The van der Waals surface area contributed by atoms with Gasteiger partial charge in [-0.2, -0.15) is 0 Å². The van der Waals surface area contributed by atoms with Gasteiger partial charge < -0.3 is 9.64 Å². The van der Waals surface area contributed by atoms with Gasteiger partial charge in [-0.1, -0.05) is 60.8 Å². The van der Waals surface area contributed by atoms with Crippen molar-refractivity contribution in [3.8, 4) is 5.75 Å². The monoisotopic (exact) mass is 455 g/mol. The standard InChI is InChI=1S/C21H30BrNO3S/c1-4-6-13-23(14-7-5-2)19-15-17(22)16-20(27(3,24)25)21(19)26-18-11-9-8-10-12-18/h8-11,15-16,18H,4-7,12-14H2,1-3H3. The van der Waals surface area contributed by atoms with Crippen molar-refractivity contribution in [1.82, 2.24) is 0 Å². The summed E-state index contributed by atoms with van der Waals surface area (Å²) in [5, 5.41) is 0. The average molecular weight is 456 g/mol. The minimum Gasteiger partial charge on any atom is -0.482 e. The highest BCUT2D eigenvalue weighted by atomic mass is 79.9. The third kappa shape index (κ3) is 6.39. The Bertz CT molecular complexity index is 779. The molecule has 1 aromatic carbocycles. The quantitative estimate of drug-likeness (QED) is 0.465. The number of anilines is 1. The van der Waals surface area contributed by atoms with Crippen LogP contribution >= 0.6 is 15.9 Å². The number of allylic oxidation sites excluding steroid dienone is 2. The fraction of sp³-hybridized carbons (Fsp3) is 0.524. The summed E-state index contributed by atoms with van der Waals surface area (Å²) in [6, 6.07) is 3.63. The van der Waals surface area contributed by atoms with Gasteiger partial charge in [-0.15, -0.1) is 0 Å². The summed E-state index contributed by atoms with van der Waals surface area (Å²) in [4.78, 5) is 2.51. The number of benzene rings is 1. The average Bonchev–Trinajstić information content (AvgIpc) is 2.63. The lowest BCUT2D eigenvalue weighted by Crippen LogP contribution is -2.27. The Labute approximate surface area is 172 Å². The minimum absolute atomic E-state index is 0.158. The second-order valence-electron chi connectivity index (χ2n) is 6.92. The summed E-state index contributed by atoms with van der Waals surface area (Å²) in [7, 11) is -3.43. The molecule has 0 saturated carbocycles. The number of ether oxygens (including phenoxy) is 1. The molecule has 0 amide bonds. The Hall–Kier alpha value is -1.27. The van der Waals surface area contributed by atoms with Gasteiger partial charge in [0, 0.05) is 30.2 Å². The predicted molar refractivity (Wildman–Crippen MR) is 117 cm³/mol. The van der Waals surface area contributed by atoms with Crippen LogP contribution < -0.4 is 9.64 Å². The van der Waals surface area contributed by atoms with Crippen molar-refractivity contribution < 1.29 is 13.2 Å². The zero-order chi connectivity index (χ0) is 19.9. The maximum atomic E-state index is 12.5. The molecule has 1 aliphatic rings. The molecule has 0 radical (unpaired) electrons. The van der Waals surface area contributed by atoms with Gasteiger partial charge in [-0.3, -0.25) is 0 Å². The molecule has 0 bridgehead atoms. The summed E-state index contributed by atoms with van der Waals surface area (Å²) in [6.45, 7) is 6.09. The molecule has 150 valence electrons. The normalized spacial score (nSPS) is 16.5. The molecule has 0 heterocycles. The first-order valence-corrected chi connectivity index (χ1v) is 12.3. The molecule has 0 fully saturated rings. The molecule has 0 N–H and O–H groups in total. The van der Waals surface area contributed by atoms with E-state index in [9.17, 15) is 8.42 Å². The van der Waals surface area contributed by atoms with E-state index in [2.05, 4.69) is 34.7 Å². The van der Waals surface area contributed by atoms with Crippen molar-refractivity contribution in [3.63, 3.8) is 0 Å². The highest BCUT2D eigenvalue weighted by Gasteiger charge is 2.25. The van der Waals surface area contributed by atoms with Gasteiger partial charge in [-0.25, -0.2) is 8.42 Å². The summed E-state index contributed by atoms with van der Waals surface area (Å²) >= 11 is 3.50. The molecule has 0 spiro atoms. The van der Waals surface area contributed by atoms with E-state index in [-0.39, 0.29) is 11.0 Å². The second kappa shape index (κ2) is 10.3. The number of sulfone groups is 1. The van der Waals surface area contributed by atoms with E-state index in [1.807, 2.05) is 30.4 Å². The molecule has 2 rings (SSSR count). The zero-order valence-corrected chi connectivity index (χ0v) is 18.9. The smallest absolute Gasteiger partial charge is 0.179 e. The van der Waals surface area contributed by atoms with Gasteiger partial charge in [0.15, 0.2) is 15.6 Å². The van der Waals surface area contributed by atoms with Crippen LogP contribution in [0.3, 0.4) is 0 Å². The van der Waals surface area contributed by atoms with E-state index in [1.165, 1.54) is 6.26 Å². The highest BCUT2D eigenvalue weighted by molar-refractivity contribution is 9.10. The van der Waals surface area contributed by atoms with Crippen molar-refractivity contribution in [3.05, 3.63) is 40.9 Å². The fourth-order valence-electron chi connectivity index (χ4n) is 3.03. The van der Waals surface area contributed by atoms with E-state index < -0.39 is 9.84 Å². The summed E-state index contributed by atoms with van der Waals surface area (Å²) in [6.07, 6.45) is 14.0. The number of hydrogen-bond donors (Lipinski definition) is 0. The molecule has 1 aromatic rings. The lowest BCUT2D eigenvalue weighted by molar-refractivity contribution is 0.245. The Morgan fingerprint density at radius 1 is 1.15 bits per heavy atom. The maximum absolute atomic E-state index is 12.5. The molecule has 1 atom stereocenters. The predicted octanol–water partition coefficient (Wildman–Crippen LogP) is 5.52. The minimum atomic E-state index is -3.43. The number of halogens is 1. The summed E-state index contributed by atoms with van der Waals surface area (Å²) in [5.41, 5.74) is 0.856. The van der Waals surface area contributed by atoms with Gasteiger partial charge in [0.1, 0.15) is 11.0 Å². The van der Waals surface area contributed by atoms with Gasteiger partial charge in [0.2, 0.25) is 0 Å². The lowest BCUT2D eigenvalue weighted by atomic mass is 10.1. The Kier molecular flexibility index (Phi) is 8.42. The van der Waals surface area contributed by atoms with Crippen LogP contribution in [-0.2, 0) is 9.84 Å². The molecule has 27 heavy (non-hydrogen) atoms. The van der Waals surface area contributed by atoms with Gasteiger partial charge in [0.25, 0.3) is 0 Å². The Balaban J connectivity index is 2.52. The highest BCUT2D eigenvalue weighted by Crippen LogP contribution is 2.40. The first kappa shape index (κ1) is 22.0. The number of hydrogen-bond acceptors (Lipinski definition) is 4. The van der Waals surface area contributed by atoms with Crippen molar-refractivity contribution in [1.29, 1.82) is 0 Å². The Morgan fingerprint density at radius 2 is 1.81 bits per heavy atom. The SMILES string of the molecule is CCCCN(CCCC)c1cc(Br)cc(S(C)(=O)=O)c1OC1C=CC=CC1. The number of unbranched alkanes of at least 4 members (excludes halogenated alkanes) is 2. The molecule has 0 aromatic heterocycles. The van der Waals surface area contributed by atoms with E-state index in [4.69, 9.17) is 4.74 Å². The third-order valence-electron chi connectivity index (χ3n) is 4.51. The van der Waals surface area contributed by atoms with Crippen molar-refractivity contribution in [2.45, 2.75) is 57.0 Å². The van der Waals surface area contributed by atoms with Crippen LogP contribution in [0.25, 0.3) is 0 Å². The van der Waals surface area contributed by atoms with Crippen LogP contribution in [0, 0.1) is 0 Å². The van der Waals surface area contributed by atoms with E-state index in [1.54, 1.807) is 6.07 Å². The van der Waals surface area contributed by atoms with Gasteiger partial charge >= 0.3 is 0 Å². The number of nitrogens with zero attached hydrogens (tertiary/aromatic N) is 1. The van der Waals surface area contributed by atoms with Crippen LogP contribution in [-0.4, -0.2) is 33.9 Å². The Morgan fingerprint density at radius 3 is 2.33 bits per heavy atom. The molecule has 1 aliphatic carbocycles. The van der Waals surface area contributed by atoms with E-state index in [0.29, 0.717) is 5.75 Å². The molecule has 6 heteroatoms. The van der Waals surface area contributed by atoms with E-state index >= 15 is 0 Å². The van der Waals surface area contributed by atoms with Crippen molar-refractivity contribution in [2.75, 3.05) is 24.2 Å². The largest absolute Gasteiger partial charge is 0.482 e. The molecular weight excluding hydrogens is 426 g/mol. The zero-order valence-electron chi connectivity index (χ0n) is 16.4. The van der Waals surface area contributed by atoms with Crippen LogP contribution in [0.15, 0.2) is 45.8 Å². The van der Waals surface area contributed by atoms with E-state index in [0.717, 1.165) is 55.4 Å². The maximum Gasteiger partial charge on any atom is 0.179 e. The molecule has 1 unspecified atom stereocenters. The molecule has 0 saturated heterocycles. The van der Waals surface area contributed by atoms with Crippen LogP contribution in [0.1, 0.15) is 46.0 Å². The van der Waals surface area contributed by atoms with Crippen LogP contribution in [0.2, 0.25) is 0 Å². The van der Waals surface area contributed by atoms with Crippen molar-refractivity contribution >= 4 is 31.5 Å². The van der Waals surface area contributed by atoms with Gasteiger partial charge in [0.05, 0.1) is 5.69 Å². The van der Waals surface area contributed by atoms with Crippen LogP contribution in [0.5, 0.6) is 5.75 Å². The topological polar surface area (TPSA) is 46.6 Å². The summed E-state index contributed by atoms with van der Waals surface area (Å²) in [5.74, 6) is 0.470. The first-order chi connectivity index (χ1) is 12.9. The van der Waals surface area contributed by atoms with Gasteiger partial charge in [-0.05, 0) is 31.1 Å². The molecular formula is C21H30BrNO3S. The second-order valence-corrected chi connectivity index (χ2v) is 9.82. The van der Waals surface area contributed by atoms with Crippen LogP contribution in [0.4, 0.5) is 5.69 Å². The molecule has 0 aliphatic heterocycles. The first-order valence-electron chi connectivity index (χ1n) is 9.65. The fourth-order valence-corrected chi connectivity index (χ4v) is 4.46. The van der Waals surface area contributed by atoms with Crippen molar-refractivity contribution in [2.24, 2.45) is 0 Å². The molecule has 4 nitrogen and oxygen atoms in total. The summed E-state index contributed by atoms with van der Waals surface area (Å²) < 4.78 is 32.0. The number of rotatable bonds is 10. The third-order valence-corrected chi connectivity index (χ3v) is 6.07.